The van der Waals surface area contributed by atoms with Gasteiger partial charge in [0.25, 0.3) is 0 Å². The van der Waals surface area contributed by atoms with Crippen LogP contribution in [0.4, 0.5) is 17.1 Å². The second kappa shape index (κ2) is 14.5. The molecule has 64 heavy (non-hydrogen) atoms. The summed E-state index contributed by atoms with van der Waals surface area (Å²) < 4.78 is 19.6. The van der Waals surface area contributed by atoms with E-state index in [0.717, 1.165) is 127 Å². The molecule has 0 fully saturated rings. The Hall–Kier alpha value is -8.60. The third-order valence-corrected chi connectivity index (χ3v) is 12.7. The van der Waals surface area contributed by atoms with Crippen molar-refractivity contribution in [3.63, 3.8) is 0 Å². The smallest absolute Gasteiger partial charge is 0.143 e. The van der Waals surface area contributed by atoms with Crippen LogP contribution in [0.3, 0.4) is 0 Å². The van der Waals surface area contributed by atoms with Crippen molar-refractivity contribution in [2.75, 3.05) is 4.90 Å². The van der Waals surface area contributed by atoms with Crippen LogP contribution in [0.15, 0.2) is 238 Å². The van der Waals surface area contributed by atoms with E-state index in [-0.39, 0.29) is 0 Å². The summed E-state index contributed by atoms with van der Waals surface area (Å²) in [6, 6.07) is 79.1. The molecule has 13 aromatic rings. The van der Waals surface area contributed by atoms with Gasteiger partial charge in [0.05, 0.1) is 0 Å². The number of fused-ring (bicyclic) bond motifs is 9. The highest BCUT2D eigenvalue weighted by Gasteiger charge is 2.19. The van der Waals surface area contributed by atoms with E-state index in [1.165, 1.54) is 0 Å². The average Bonchev–Trinajstić information content (AvgIpc) is 4.06. The van der Waals surface area contributed by atoms with Crippen LogP contribution in [0.25, 0.3) is 110 Å². The number of hydrogen-bond acceptors (Lipinski definition) is 4. The number of furan rings is 3. The molecular formula is C60H37NO3. The Morgan fingerprint density at radius 2 is 0.578 bits per heavy atom. The lowest BCUT2D eigenvalue weighted by Gasteiger charge is -2.26. The molecule has 4 nitrogen and oxygen atoms in total. The second-order valence-electron chi connectivity index (χ2n) is 16.4. The molecule has 0 radical (unpaired) electrons. The topological polar surface area (TPSA) is 42.7 Å². The van der Waals surface area contributed by atoms with Gasteiger partial charge in [-0.25, -0.2) is 0 Å². The standard InChI is InChI=1S/C60H37NO3/c1-2-13-43(14-3-1)61(45-33-29-39(30-34-45)46-18-10-21-52-49-15-4-7-24-55(49)62-58(46)52)44-31-27-38(28-32-44)40-35-41(47-19-11-22-53-50-16-5-8-25-56(50)63-59(47)53)37-42(36-40)48-20-12-23-54-51-17-6-9-26-57(51)64-60(48)54/h1-37H. The van der Waals surface area contributed by atoms with Gasteiger partial charge >= 0.3 is 0 Å². The SMILES string of the molecule is c1ccc(N(c2ccc(-c3cc(-c4cccc5c4oc4ccccc45)cc(-c4cccc5c4oc4ccccc45)c3)cc2)c2ccc(-c3cccc4c3oc3ccccc34)cc2)cc1. The number of nitrogens with zero attached hydrogens (tertiary/aromatic N) is 1. The third kappa shape index (κ3) is 5.84. The molecule has 0 unspecified atom stereocenters. The van der Waals surface area contributed by atoms with Crippen molar-refractivity contribution in [1.29, 1.82) is 0 Å². The van der Waals surface area contributed by atoms with Gasteiger partial charge in [0, 0.05) is 66.1 Å². The van der Waals surface area contributed by atoms with Gasteiger partial charge in [-0.15, -0.1) is 0 Å². The molecule has 10 aromatic carbocycles. The maximum Gasteiger partial charge on any atom is 0.143 e. The minimum Gasteiger partial charge on any atom is -0.455 e. The molecule has 4 heteroatoms. The lowest BCUT2D eigenvalue weighted by atomic mass is 9.92. The fourth-order valence-electron chi connectivity index (χ4n) is 9.65. The molecule has 0 saturated heterocycles. The van der Waals surface area contributed by atoms with Crippen LogP contribution < -0.4 is 4.90 Å². The normalized spacial score (nSPS) is 11.8. The van der Waals surface area contributed by atoms with E-state index in [4.69, 9.17) is 13.3 Å². The minimum absolute atomic E-state index is 0.878. The fourth-order valence-corrected chi connectivity index (χ4v) is 9.65. The van der Waals surface area contributed by atoms with E-state index in [0.29, 0.717) is 0 Å². The molecule has 0 bridgehead atoms. The predicted molar refractivity (Wildman–Crippen MR) is 265 cm³/mol. The monoisotopic (exact) mass is 819 g/mol. The van der Waals surface area contributed by atoms with Crippen molar-refractivity contribution >= 4 is 82.9 Å². The predicted octanol–water partition coefficient (Wildman–Crippen LogP) is 17.5. The molecule has 3 heterocycles. The van der Waals surface area contributed by atoms with Crippen LogP contribution in [0, 0.1) is 0 Å². The minimum atomic E-state index is 0.878. The third-order valence-electron chi connectivity index (χ3n) is 12.7. The summed E-state index contributed by atoms with van der Waals surface area (Å²) in [4.78, 5) is 2.31. The Kier molecular flexibility index (Phi) is 8.18. The second-order valence-corrected chi connectivity index (χ2v) is 16.4. The first-order valence-electron chi connectivity index (χ1n) is 21.6. The van der Waals surface area contributed by atoms with E-state index >= 15 is 0 Å². The molecule has 0 aliphatic heterocycles. The van der Waals surface area contributed by atoms with Gasteiger partial charge < -0.3 is 18.2 Å². The average molecular weight is 820 g/mol. The zero-order valence-corrected chi connectivity index (χ0v) is 34.5. The Bertz CT molecular complexity index is 3760. The van der Waals surface area contributed by atoms with Crippen LogP contribution in [0.2, 0.25) is 0 Å². The first-order valence-corrected chi connectivity index (χ1v) is 21.6. The molecule has 0 aliphatic carbocycles. The van der Waals surface area contributed by atoms with Gasteiger partial charge in [0.1, 0.15) is 33.5 Å². The zero-order chi connectivity index (χ0) is 42.1. The van der Waals surface area contributed by atoms with Crippen LogP contribution in [0.5, 0.6) is 0 Å². The van der Waals surface area contributed by atoms with Gasteiger partial charge in [-0.1, -0.05) is 152 Å². The van der Waals surface area contributed by atoms with Gasteiger partial charge in [-0.3, -0.25) is 0 Å². The summed E-state index contributed by atoms with van der Waals surface area (Å²) >= 11 is 0. The molecule has 0 spiro atoms. The van der Waals surface area contributed by atoms with Gasteiger partial charge in [0.2, 0.25) is 0 Å². The van der Waals surface area contributed by atoms with Gasteiger partial charge in [-0.2, -0.15) is 0 Å². The number of rotatable bonds is 7. The molecular weight excluding hydrogens is 783 g/mol. The first-order chi connectivity index (χ1) is 31.7. The van der Waals surface area contributed by atoms with Gasteiger partial charge in [0.15, 0.2) is 0 Å². The van der Waals surface area contributed by atoms with Crippen molar-refractivity contribution in [2.45, 2.75) is 0 Å². The molecule has 0 saturated carbocycles. The molecule has 0 N–H and O–H groups in total. The number of para-hydroxylation sites is 7. The summed E-state index contributed by atoms with van der Waals surface area (Å²) in [5.41, 5.74) is 17.1. The summed E-state index contributed by atoms with van der Waals surface area (Å²) in [7, 11) is 0. The van der Waals surface area contributed by atoms with Crippen molar-refractivity contribution in [3.05, 3.63) is 224 Å². The van der Waals surface area contributed by atoms with Crippen molar-refractivity contribution in [1.82, 2.24) is 0 Å². The summed E-state index contributed by atoms with van der Waals surface area (Å²) in [5, 5.41) is 6.68. The van der Waals surface area contributed by atoms with Crippen LogP contribution in [-0.2, 0) is 0 Å². The Morgan fingerprint density at radius 3 is 1.03 bits per heavy atom. The first kappa shape index (κ1) is 36.1. The highest BCUT2D eigenvalue weighted by Crippen LogP contribution is 2.44. The van der Waals surface area contributed by atoms with E-state index in [9.17, 15) is 0 Å². The lowest BCUT2D eigenvalue weighted by Crippen LogP contribution is -2.09. The maximum atomic E-state index is 6.60. The number of benzene rings is 10. The van der Waals surface area contributed by atoms with E-state index < -0.39 is 0 Å². The van der Waals surface area contributed by atoms with E-state index in [2.05, 4.69) is 193 Å². The quantitative estimate of drug-likeness (QED) is 0.161. The largest absolute Gasteiger partial charge is 0.455 e. The zero-order valence-electron chi connectivity index (χ0n) is 34.5. The van der Waals surface area contributed by atoms with Crippen LogP contribution in [0.1, 0.15) is 0 Å². The molecule has 0 amide bonds. The molecule has 0 atom stereocenters. The Balaban J connectivity index is 0.929. The highest BCUT2D eigenvalue weighted by atomic mass is 16.3. The van der Waals surface area contributed by atoms with Crippen molar-refractivity contribution in [2.24, 2.45) is 0 Å². The lowest BCUT2D eigenvalue weighted by molar-refractivity contribution is 0.669. The van der Waals surface area contributed by atoms with Crippen LogP contribution in [-0.4, -0.2) is 0 Å². The molecule has 3 aromatic heterocycles. The van der Waals surface area contributed by atoms with E-state index in [1.54, 1.807) is 0 Å². The summed E-state index contributed by atoms with van der Waals surface area (Å²) in [6.07, 6.45) is 0. The highest BCUT2D eigenvalue weighted by molar-refractivity contribution is 6.12. The van der Waals surface area contributed by atoms with Gasteiger partial charge in [-0.05, 0) is 101 Å². The summed E-state index contributed by atoms with van der Waals surface area (Å²) in [6.45, 7) is 0. The molecule has 13 rings (SSSR count). The number of hydrogen-bond donors (Lipinski definition) is 0. The van der Waals surface area contributed by atoms with Crippen LogP contribution >= 0.6 is 0 Å². The fraction of sp³-hybridized carbons (Fsp3) is 0. The molecule has 0 aliphatic rings. The molecule has 300 valence electrons. The summed E-state index contributed by atoms with van der Waals surface area (Å²) in [5.74, 6) is 0. The Labute approximate surface area is 368 Å². The van der Waals surface area contributed by atoms with Crippen molar-refractivity contribution < 1.29 is 13.3 Å². The maximum absolute atomic E-state index is 6.60. The van der Waals surface area contributed by atoms with E-state index in [1.807, 2.05) is 36.4 Å². The van der Waals surface area contributed by atoms with Crippen molar-refractivity contribution in [3.8, 4) is 44.5 Å². The Morgan fingerprint density at radius 1 is 0.234 bits per heavy atom. The number of anilines is 3.